The molecule has 2 aliphatic carbocycles. The van der Waals surface area contributed by atoms with Gasteiger partial charge in [0.25, 0.3) is 0 Å². The van der Waals surface area contributed by atoms with Crippen molar-refractivity contribution in [3.05, 3.63) is 30.3 Å². The fraction of sp³-hybridized carbons (Fsp3) is 0.769. The van der Waals surface area contributed by atoms with Crippen molar-refractivity contribution in [1.82, 2.24) is 0 Å². The summed E-state index contributed by atoms with van der Waals surface area (Å²) >= 11 is 0. The van der Waals surface area contributed by atoms with E-state index in [1.54, 1.807) is 0 Å². The Kier molecular flexibility index (Phi) is 7.18. The molecule has 2 fully saturated rings. The lowest BCUT2D eigenvalue weighted by Crippen LogP contribution is -2.43. The predicted molar refractivity (Wildman–Crippen MR) is 124 cm³/mol. The molecule has 2 aliphatic rings. The third kappa shape index (κ3) is 4.30. The standard InChI is InChI=1S/C26H43OP/c1-18(2)23-14-12-20(5)16-25(23)28(27,22-10-8-7-9-11-22)26-17-21(6)13-15-24(26)19(3)4/h7-11,18-21,23-26H,12-17H2,1-6H3. The third-order valence-electron chi connectivity index (χ3n) is 8.12. The second kappa shape index (κ2) is 9.07. The Balaban J connectivity index is 2.13. The highest BCUT2D eigenvalue weighted by Gasteiger charge is 2.51. The van der Waals surface area contributed by atoms with Crippen LogP contribution in [0.5, 0.6) is 0 Å². The van der Waals surface area contributed by atoms with Crippen LogP contribution in [0.2, 0.25) is 0 Å². The molecule has 0 heterocycles. The second-order valence-corrected chi connectivity index (χ2v) is 14.1. The molecule has 0 aliphatic heterocycles. The normalized spacial score (nSPS) is 36.4. The van der Waals surface area contributed by atoms with Crippen molar-refractivity contribution in [3.8, 4) is 0 Å². The van der Waals surface area contributed by atoms with E-state index in [1.807, 2.05) is 0 Å². The van der Waals surface area contributed by atoms with Crippen molar-refractivity contribution < 1.29 is 4.57 Å². The van der Waals surface area contributed by atoms with E-state index < -0.39 is 7.14 Å². The molecule has 0 spiro atoms. The summed E-state index contributed by atoms with van der Waals surface area (Å²) < 4.78 is 15.4. The van der Waals surface area contributed by atoms with Gasteiger partial charge in [0.05, 0.1) is 0 Å². The molecule has 1 nitrogen and oxygen atoms in total. The van der Waals surface area contributed by atoms with Gasteiger partial charge in [-0.25, -0.2) is 0 Å². The summed E-state index contributed by atoms with van der Waals surface area (Å²) in [6, 6.07) is 10.7. The van der Waals surface area contributed by atoms with Crippen molar-refractivity contribution in [2.24, 2.45) is 35.5 Å². The smallest absolute Gasteiger partial charge is 0.122 e. The molecular formula is C26H43OP. The topological polar surface area (TPSA) is 17.1 Å². The van der Waals surface area contributed by atoms with Crippen LogP contribution in [0.25, 0.3) is 0 Å². The summed E-state index contributed by atoms with van der Waals surface area (Å²) in [4.78, 5) is 0. The zero-order valence-corrected chi connectivity index (χ0v) is 20.0. The highest BCUT2D eigenvalue weighted by molar-refractivity contribution is 7.73. The number of benzene rings is 1. The number of rotatable bonds is 5. The van der Waals surface area contributed by atoms with Crippen LogP contribution in [0.15, 0.2) is 30.3 Å². The quantitative estimate of drug-likeness (QED) is 0.463. The van der Waals surface area contributed by atoms with Gasteiger partial charge in [0.2, 0.25) is 0 Å². The minimum atomic E-state index is -2.52. The highest BCUT2D eigenvalue weighted by atomic mass is 31.2. The second-order valence-electron chi connectivity index (χ2n) is 10.8. The Labute approximate surface area is 174 Å². The molecule has 0 aromatic heterocycles. The van der Waals surface area contributed by atoms with Gasteiger partial charge in [-0.3, -0.25) is 0 Å². The van der Waals surface area contributed by atoms with Gasteiger partial charge >= 0.3 is 0 Å². The summed E-state index contributed by atoms with van der Waals surface area (Å²) in [5, 5.41) is 1.18. The SMILES string of the molecule is CC1CCC(C(C)C)C(P(=O)(c2ccccc2)C2CC(C)CCC2C(C)C)C1. The van der Waals surface area contributed by atoms with Gasteiger partial charge in [-0.05, 0) is 61.2 Å². The van der Waals surface area contributed by atoms with E-state index in [9.17, 15) is 0 Å². The lowest BCUT2D eigenvalue weighted by molar-refractivity contribution is 0.215. The van der Waals surface area contributed by atoms with Gasteiger partial charge in [-0.1, -0.05) is 84.7 Å². The van der Waals surface area contributed by atoms with Crippen LogP contribution in [0.3, 0.4) is 0 Å². The maximum atomic E-state index is 15.4. The monoisotopic (exact) mass is 402 g/mol. The first-order chi connectivity index (χ1) is 13.2. The van der Waals surface area contributed by atoms with Gasteiger partial charge in [-0.15, -0.1) is 0 Å². The molecule has 0 bridgehead atoms. The molecule has 0 N–H and O–H groups in total. The first-order valence-corrected chi connectivity index (χ1v) is 13.7. The van der Waals surface area contributed by atoms with E-state index in [2.05, 4.69) is 71.9 Å². The molecule has 0 saturated heterocycles. The van der Waals surface area contributed by atoms with Crippen molar-refractivity contribution in [1.29, 1.82) is 0 Å². The molecule has 3 rings (SSSR count). The third-order valence-corrected chi connectivity index (χ3v) is 12.4. The Morgan fingerprint density at radius 2 is 1.18 bits per heavy atom. The van der Waals surface area contributed by atoms with E-state index in [1.165, 1.54) is 31.0 Å². The van der Waals surface area contributed by atoms with Gasteiger partial charge in [-0.2, -0.15) is 0 Å². The first kappa shape index (κ1) is 22.1. The molecule has 0 radical (unpaired) electrons. The Bertz CT molecular complexity index is 628. The Hall–Kier alpha value is -0.550. The molecule has 6 unspecified atom stereocenters. The van der Waals surface area contributed by atoms with Crippen LogP contribution < -0.4 is 5.30 Å². The van der Waals surface area contributed by atoms with Crippen LogP contribution in [0, 0.1) is 35.5 Å². The molecule has 1 aromatic carbocycles. The molecular weight excluding hydrogens is 359 g/mol. The lowest BCUT2D eigenvalue weighted by Gasteiger charge is -2.49. The number of hydrogen-bond acceptors (Lipinski definition) is 1. The molecule has 2 heteroatoms. The molecule has 6 atom stereocenters. The van der Waals surface area contributed by atoms with E-state index in [0.29, 0.717) is 46.8 Å². The van der Waals surface area contributed by atoms with Crippen LogP contribution in [0.4, 0.5) is 0 Å². The summed E-state index contributed by atoms with van der Waals surface area (Å²) in [6.45, 7) is 14.3. The summed E-state index contributed by atoms with van der Waals surface area (Å²) in [6.07, 6.45) is 7.45. The average molecular weight is 403 g/mol. The zero-order valence-electron chi connectivity index (χ0n) is 19.1. The lowest BCUT2D eigenvalue weighted by atomic mass is 9.76. The van der Waals surface area contributed by atoms with Crippen molar-refractivity contribution in [2.75, 3.05) is 0 Å². The van der Waals surface area contributed by atoms with Gasteiger partial charge in [0.1, 0.15) is 7.14 Å². The molecule has 0 amide bonds. The largest absolute Gasteiger partial charge is 0.318 e. The van der Waals surface area contributed by atoms with Crippen LogP contribution >= 0.6 is 7.14 Å². The predicted octanol–water partition coefficient (Wildman–Crippen LogP) is 7.60. The number of hydrogen-bond donors (Lipinski definition) is 0. The van der Waals surface area contributed by atoms with Gasteiger partial charge in [0.15, 0.2) is 0 Å². The Morgan fingerprint density at radius 1 is 0.750 bits per heavy atom. The highest BCUT2D eigenvalue weighted by Crippen LogP contribution is 2.66. The average Bonchev–Trinajstić information content (AvgIpc) is 2.67. The minimum absolute atomic E-state index is 0.371. The summed E-state index contributed by atoms with van der Waals surface area (Å²) in [5.41, 5.74) is 0.741. The van der Waals surface area contributed by atoms with Crippen LogP contribution in [-0.4, -0.2) is 11.3 Å². The van der Waals surface area contributed by atoms with Gasteiger partial charge < -0.3 is 4.57 Å². The van der Waals surface area contributed by atoms with Crippen LogP contribution in [0.1, 0.15) is 80.1 Å². The Morgan fingerprint density at radius 3 is 1.57 bits per heavy atom. The summed E-state index contributed by atoms with van der Waals surface area (Å²) in [5.74, 6) is 3.85. The van der Waals surface area contributed by atoms with E-state index in [4.69, 9.17) is 0 Å². The fourth-order valence-corrected chi connectivity index (χ4v) is 11.8. The van der Waals surface area contributed by atoms with Crippen molar-refractivity contribution >= 4 is 12.4 Å². The van der Waals surface area contributed by atoms with E-state index in [0.717, 1.165) is 12.8 Å². The van der Waals surface area contributed by atoms with E-state index >= 15 is 4.57 Å². The minimum Gasteiger partial charge on any atom is -0.318 e. The summed E-state index contributed by atoms with van der Waals surface area (Å²) in [7, 11) is -2.52. The van der Waals surface area contributed by atoms with Crippen molar-refractivity contribution in [2.45, 2.75) is 91.4 Å². The first-order valence-electron chi connectivity index (χ1n) is 11.9. The zero-order chi connectivity index (χ0) is 20.5. The molecule has 2 saturated carbocycles. The maximum Gasteiger partial charge on any atom is 0.122 e. The van der Waals surface area contributed by atoms with Crippen LogP contribution in [-0.2, 0) is 4.57 Å². The fourth-order valence-electron chi connectivity index (χ4n) is 6.48. The maximum absolute atomic E-state index is 15.4. The van der Waals surface area contributed by atoms with Crippen molar-refractivity contribution in [3.63, 3.8) is 0 Å². The molecule has 158 valence electrons. The van der Waals surface area contributed by atoms with E-state index in [-0.39, 0.29) is 0 Å². The molecule has 28 heavy (non-hydrogen) atoms. The van der Waals surface area contributed by atoms with Gasteiger partial charge in [0, 0.05) is 16.6 Å². The molecule has 1 aromatic rings.